The summed E-state index contributed by atoms with van der Waals surface area (Å²) in [5, 5.41) is 14.6. The summed E-state index contributed by atoms with van der Waals surface area (Å²) in [5.41, 5.74) is 2.45. The van der Waals surface area contributed by atoms with Crippen molar-refractivity contribution in [2.75, 3.05) is 37.5 Å². The molecule has 0 saturated carbocycles. The highest BCUT2D eigenvalue weighted by Gasteiger charge is 2.19. The molecule has 0 aliphatic carbocycles. The van der Waals surface area contributed by atoms with E-state index in [4.69, 9.17) is 19.6 Å². The maximum Gasteiger partial charge on any atom is 0.228 e. The third-order valence-electron chi connectivity index (χ3n) is 4.52. The summed E-state index contributed by atoms with van der Waals surface area (Å²) in [5.74, 6) is 0.880. The number of carbonyl (C=O) groups is 1. The van der Waals surface area contributed by atoms with Crippen LogP contribution in [0.25, 0.3) is 0 Å². The van der Waals surface area contributed by atoms with Gasteiger partial charge in [0.1, 0.15) is 11.6 Å². The van der Waals surface area contributed by atoms with E-state index in [1.807, 2.05) is 39.1 Å². The van der Waals surface area contributed by atoms with E-state index in [2.05, 4.69) is 15.6 Å². The van der Waals surface area contributed by atoms with E-state index in [1.165, 1.54) is 0 Å². The van der Waals surface area contributed by atoms with Crippen LogP contribution in [0.2, 0.25) is 0 Å². The van der Waals surface area contributed by atoms with Gasteiger partial charge < -0.3 is 24.8 Å². The molecule has 0 bridgehead atoms. The Balaban J connectivity index is 1.74. The van der Waals surface area contributed by atoms with Crippen LogP contribution in [-0.4, -0.2) is 55.7 Å². The molecule has 3 rings (SSSR count). The van der Waals surface area contributed by atoms with Crippen molar-refractivity contribution in [3.8, 4) is 5.75 Å². The second kappa shape index (κ2) is 10.2. The minimum atomic E-state index is -0.248. The zero-order valence-electron chi connectivity index (χ0n) is 17.5. The van der Waals surface area contributed by atoms with Gasteiger partial charge in [-0.3, -0.25) is 10.2 Å². The number of nitrogens with one attached hydrogen (secondary N) is 3. The molecule has 8 nitrogen and oxygen atoms in total. The van der Waals surface area contributed by atoms with Gasteiger partial charge in [-0.25, -0.2) is 4.98 Å². The molecule has 1 fully saturated rings. The van der Waals surface area contributed by atoms with Crippen molar-refractivity contribution >= 4 is 23.1 Å². The lowest BCUT2D eigenvalue weighted by Crippen LogP contribution is -2.32. The van der Waals surface area contributed by atoms with Crippen molar-refractivity contribution in [2.45, 2.75) is 32.5 Å². The molecule has 1 aliphatic heterocycles. The second-order valence-corrected chi connectivity index (χ2v) is 7.25. The first kappa shape index (κ1) is 21.7. The fourth-order valence-corrected chi connectivity index (χ4v) is 3.16. The Hall–Kier alpha value is -2.97. The highest BCUT2D eigenvalue weighted by atomic mass is 16.6. The fraction of sp³-hybridized carbons (Fsp3) is 0.409. The van der Waals surface area contributed by atoms with Crippen molar-refractivity contribution < 1.29 is 19.0 Å². The van der Waals surface area contributed by atoms with Gasteiger partial charge in [0, 0.05) is 30.1 Å². The fourth-order valence-electron chi connectivity index (χ4n) is 3.16. The van der Waals surface area contributed by atoms with Crippen LogP contribution in [0.1, 0.15) is 31.4 Å². The maximum absolute atomic E-state index is 12.3. The minimum absolute atomic E-state index is 0.0359. The number of nitrogens with zero attached hydrogens (tertiary/aromatic N) is 1. The van der Waals surface area contributed by atoms with Crippen LogP contribution in [0.3, 0.4) is 0 Å². The first-order valence-corrected chi connectivity index (χ1v) is 9.99. The summed E-state index contributed by atoms with van der Waals surface area (Å²) >= 11 is 0. The summed E-state index contributed by atoms with van der Waals surface area (Å²) in [7, 11) is 1.81. The monoisotopic (exact) mass is 412 g/mol. The maximum atomic E-state index is 12.3. The topological polar surface area (TPSA) is 106 Å². The average molecular weight is 412 g/mol. The first-order valence-electron chi connectivity index (χ1n) is 9.99. The van der Waals surface area contributed by atoms with Crippen LogP contribution < -0.4 is 15.4 Å². The lowest BCUT2D eigenvalue weighted by Gasteiger charge is -2.22. The molecule has 30 heavy (non-hydrogen) atoms. The molecule has 1 aromatic heterocycles. The van der Waals surface area contributed by atoms with Crippen molar-refractivity contribution in [1.82, 2.24) is 4.98 Å². The SMILES string of the molecule is CNc1ccc(OC(C)C)cc1C(=N)c1ccnc(NC(=O)CC2COCCO2)c1. The third kappa shape index (κ3) is 5.77. The summed E-state index contributed by atoms with van der Waals surface area (Å²) in [6.07, 6.45) is 1.56. The molecule has 1 saturated heterocycles. The van der Waals surface area contributed by atoms with Crippen LogP contribution in [0.4, 0.5) is 11.5 Å². The molecular formula is C22H28N4O4. The number of benzene rings is 1. The van der Waals surface area contributed by atoms with Crippen LogP contribution in [0.5, 0.6) is 5.75 Å². The summed E-state index contributed by atoms with van der Waals surface area (Å²) in [6, 6.07) is 9.03. The molecule has 1 atom stereocenters. The Morgan fingerprint density at radius 3 is 2.83 bits per heavy atom. The Labute approximate surface area is 176 Å². The van der Waals surface area contributed by atoms with Gasteiger partial charge in [-0.05, 0) is 44.2 Å². The molecule has 1 aromatic carbocycles. The molecule has 160 valence electrons. The predicted octanol–water partition coefficient (Wildman–Crippen LogP) is 3.07. The first-order chi connectivity index (χ1) is 14.5. The van der Waals surface area contributed by atoms with E-state index in [-0.39, 0.29) is 24.5 Å². The number of pyridine rings is 1. The number of hydrogen-bond acceptors (Lipinski definition) is 7. The lowest BCUT2D eigenvalue weighted by molar-refractivity contribution is -0.126. The Morgan fingerprint density at radius 2 is 2.13 bits per heavy atom. The van der Waals surface area contributed by atoms with Crippen molar-refractivity contribution in [2.24, 2.45) is 0 Å². The van der Waals surface area contributed by atoms with Gasteiger partial charge in [-0.15, -0.1) is 0 Å². The number of anilines is 2. The van der Waals surface area contributed by atoms with Crippen LogP contribution in [-0.2, 0) is 14.3 Å². The van der Waals surface area contributed by atoms with E-state index >= 15 is 0 Å². The molecule has 8 heteroatoms. The van der Waals surface area contributed by atoms with Crippen LogP contribution in [0.15, 0.2) is 36.5 Å². The van der Waals surface area contributed by atoms with Crippen LogP contribution in [0, 0.1) is 5.41 Å². The molecule has 2 heterocycles. The molecule has 2 aromatic rings. The number of carbonyl (C=O) groups excluding carboxylic acids is 1. The van der Waals surface area contributed by atoms with Crippen molar-refractivity contribution in [1.29, 1.82) is 5.41 Å². The quantitative estimate of drug-likeness (QED) is 0.576. The average Bonchev–Trinajstić information content (AvgIpc) is 2.73. The largest absolute Gasteiger partial charge is 0.491 e. The van der Waals surface area contributed by atoms with Gasteiger partial charge in [0.25, 0.3) is 0 Å². The highest BCUT2D eigenvalue weighted by molar-refractivity contribution is 6.14. The summed E-state index contributed by atoms with van der Waals surface area (Å²) < 4.78 is 16.6. The summed E-state index contributed by atoms with van der Waals surface area (Å²) in [6.45, 7) is 5.38. The zero-order chi connectivity index (χ0) is 21.5. The van der Waals surface area contributed by atoms with E-state index in [0.29, 0.717) is 48.2 Å². The van der Waals surface area contributed by atoms with Crippen molar-refractivity contribution in [3.05, 3.63) is 47.7 Å². The number of amides is 1. The van der Waals surface area contributed by atoms with Gasteiger partial charge in [0.15, 0.2) is 0 Å². The predicted molar refractivity (Wildman–Crippen MR) is 116 cm³/mol. The molecule has 1 aliphatic rings. The van der Waals surface area contributed by atoms with Gasteiger partial charge in [0.05, 0.1) is 44.2 Å². The van der Waals surface area contributed by atoms with Crippen LogP contribution >= 0.6 is 0 Å². The summed E-state index contributed by atoms with van der Waals surface area (Å²) in [4.78, 5) is 16.5. The standard InChI is InChI=1S/C22H28N4O4/c1-14(2)30-16-4-5-19(24-3)18(11-16)22(23)15-6-7-25-20(10-15)26-21(27)12-17-13-28-8-9-29-17/h4-7,10-11,14,17,23-24H,8-9,12-13H2,1-3H3,(H,25,26,27). The van der Waals surface area contributed by atoms with Gasteiger partial charge in [-0.1, -0.05) is 0 Å². The smallest absolute Gasteiger partial charge is 0.228 e. The number of hydrogen-bond donors (Lipinski definition) is 3. The van der Waals surface area contributed by atoms with E-state index in [1.54, 1.807) is 18.3 Å². The number of ether oxygens (including phenoxy) is 3. The zero-order valence-corrected chi connectivity index (χ0v) is 17.5. The Bertz CT molecular complexity index is 894. The molecule has 3 N–H and O–H groups in total. The molecule has 1 unspecified atom stereocenters. The number of aromatic nitrogens is 1. The lowest BCUT2D eigenvalue weighted by atomic mass is 10.0. The molecular weight excluding hydrogens is 384 g/mol. The molecule has 0 spiro atoms. The minimum Gasteiger partial charge on any atom is -0.491 e. The van der Waals surface area contributed by atoms with Gasteiger partial charge in [0.2, 0.25) is 5.91 Å². The van der Waals surface area contributed by atoms with E-state index < -0.39 is 0 Å². The van der Waals surface area contributed by atoms with Gasteiger partial charge >= 0.3 is 0 Å². The molecule has 1 amide bonds. The third-order valence-corrected chi connectivity index (χ3v) is 4.52. The van der Waals surface area contributed by atoms with Crippen molar-refractivity contribution in [3.63, 3.8) is 0 Å². The highest BCUT2D eigenvalue weighted by Crippen LogP contribution is 2.26. The van der Waals surface area contributed by atoms with E-state index in [0.717, 1.165) is 5.69 Å². The normalized spacial score (nSPS) is 16.2. The van der Waals surface area contributed by atoms with Gasteiger partial charge in [-0.2, -0.15) is 0 Å². The Morgan fingerprint density at radius 1 is 1.30 bits per heavy atom. The second-order valence-electron chi connectivity index (χ2n) is 7.25. The van der Waals surface area contributed by atoms with E-state index in [9.17, 15) is 4.79 Å². The molecule has 0 radical (unpaired) electrons. The Kier molecular flexibility index (Phi) is 7.37. The number of rotatable bonds is 8.